The summed E-state index contributed by atoms with van der Waals surface area (Å²) in [6, 6.07) is 10.8. The molecule has 1 heterocycles. The monoisotopic (exact) mass is 344 g/mol. The van der Waals surface area contributed by atoms with E-state index in [1.54, 1.807) is 30.3 Å². The van der Waals surface area contributed by atoms with E-state index in [4.69, 9.17) is 0 Å². The fourth-order valence-electron chi connectivity index (χ4n) is 2.42. The highest BCUT2D eigenvalue weighted by atomic mass is 32.1. The molecule has 4 nitrogen and oxygen atoms in total. The number of amides is 2. The zero-order valence-corrected chi connectivity index (χ0v) is 15.0. The van der Waals surface area contributed by atoms with Gasteiger partial charge in [-0.1, -0.05) is 38.3 Å². The van der Waals surface area contributed by atoms with Crippen LogP contribution in [-0.2, 0) is 0 Å². The minimum atomic E-state index is -0.157. The van der Waals surface area contributed by atoms with Gasteiger partial charge in [-0.25, -0.2) is 0 Å². The van der Waals surface area contributed by atoms with Crippen molar-refractivity contribution in [2.24, 2.45) is 0 Å². The number of anilines is 1. The number of unbranched alkanes of at least 4 members (excludes halogenated alkanes) is 2. The lowest BCUT2D eigenvalue weighted by Gasteiger charge is -2.14. The van der Waals surface area contributed by atoms with Crippen LogP contribution in [0.4, 0.5) is 5.69 Å². The van der Waals surface area contributed by atoms with Crippen LogP contribution in [0, 0.1) is 0 Å². The molecule has 0 bridgehead atoms. The van der Waals surface area contributed by atoms with Crippen molar-refractivity contribution in [1.82, 2.24) is 5.32 Å². The molecule has 0 radical (unpaired) electrons. The van der Waals surface area contributed by atoms with E-state index in [0.29, 0.717) is 16.1 Å². The minimum absolute atomic E-state index is 0.105. The molecule has 0 spiro atoms. The quantitative estimate of drug-likeness (QED) is 0.682. The molecule has 0 aliphatic rings. The fraction of sp³-hybridized carbons (Fsp3) is 0.368. The SMILES string of the molecule is CCCCCC(C)NC(=O)c1cccc(NC(=O)c2cccs2)c1. The van der Waals surface area contributed by atoms with Gasteiger partial charge in [0.15, 0.2) is 0 Å². The molecular weight excluding hydrogens is 320 g/mol. The van der Waals surface area contributed by atoms with E-state index in [1.807, 2.05) is 18.4 Å². The average molecular weight is 344 g/mol. The summed E-state index contributed by atoms with van der Waals surface area (Å²) in [5.41, 5.74) is 1.18. The molecule has 0 fully saturated rings. The number of carbonyl (C=O) groups is 2. The van der Waals surface area contributed by atoms with Crippen molar-refractivity contribution in [3.63, 3.8) is 0 Å². The number of rotatable bonds is 8. The van der Waals surface area contributed by atoms with Crippen LogP contribution >= 0.6 is 11.3 Å². The summed E-state index contributed by atoms with van der Waals surface area (Å²) in [6.45, 7) is 4.19. The van der Waals surface area contributed by atoms with E-state index < -0.39 is 0 Å². The molecule has 2 rings (SSSR count). The number of thiophene rings is 1. The van der Waals surface area contributed by atoms with Gasteiger partial charge in [0.05, 0.1) is 4.88 Å². The number of hydrogen-bond acceptors (Lipinski definition) is 3. The number of nitrogens with one attached hydrogen (secondary N) is 2. The summed E-state index contributed by atoms with van der Waals surface area (Å²) in [6.07, 6.45) is 4.46. The second-order valence-electron chi connectivity index (χ2n) is 5.88. The van der Waals surface area contributed by atoms with Crippen molar-refractivity contribution in [2.75, 3.05) is 5.32 Å². The first-order valence-electron chi connectivity index (χ1n) is 8.36. The molecule has 2 amide bonds. The summed E-state index contributed by atoms with van der Waals surface area (Å²) in [7, 11) is 0. The Balaban J connectivity index is 1.94. The van der Waals surface area contributed by atoms with Crippen LogP contribution in [0.25, 0.3) is 0 Å². The molecule has 1 atom stereocenters. The normalized spacial score (nSPS) is 11.8. The largest absolute Gasteiger partial charge is 0.350 e. The van der Waals surface area contributed by atoms with E-state index in [2.05, 4.69) is 17.6 Å². The van der Waals surface area contributed by atoms with Crippen LogP contribution in [0.1, 0.15) is 59.6 Å². The van der Waals surface area contributed by atoms with Crippen molar-refractivity contribution in [2.45, 2.75) is 45.6 Å². The summed E-state index contributed by atoms with van der Waals surface area (Å²) in [4.78, 5) is 25.1. The topological polar surface area (TPSA) is 58.2 Å². The fourth-order valence-corrected chi connectivity index (χ4v) is 3.04. The Labute approximate surface area is 147 Å². The Morgan fingerprint density at radius 2 is 1.96 bits per heavy atom. The average Bonchev–Trinajstić information content (AvgIpc) is 3.10. The summed E-state index contributed by atoms with van der Waals surface area (Å²) < 4.78 is 0. The van der Waals surface area contributed by atoms with Gasteiger partial charge in [0.1, 0.15) is 0 Å². The van der Waals surface area contributed by atoms with Crippen molar-refractivity contribution >= 4 is 28.8 Å². The molecule has 0 saturated heterocycles. The zero-order chi connectivity index (χ0) is 17.4. The van der Waals surface area contributed by atoms with Gasteiger partial charge in [-0.15, -0.1) is 11.3 Å². The lowest BCUT2D eigenvalue weighted by atomic mass is 10.1. The third-order valence-electron chi connectivity index (χ3n) is 3.75. The Kier molecular flexibility index (Phi) is 7.00. The first-order chi connectivity index (χ1) is 11.6. The van der Waals surface area contributed by atoms with E-state index in [1.165, 1.54) is 24.2 Å². The Morgan fingerprint density at radius 3 is 2.67 bits per heavy atom. The zero-order valence-electron chi connectivity index (χ0n) is 14.2. The molecule has 5 heteroatoms. The van der Waals surface area contributed by atoms with Crippen molar-refractivity contribution in [1.29, 1.82) is 0 Å². The highest BCUT2D eigenvalue weighted by Gasteiger charge is 2.12. The van der Waals surface area contributed by atoms with E-state index in [-0.39, 0.29) is 17.9 Å². The van der Waals surface area contributed by atoms with Crippen LogP contribution in [-0.4, -0.2) is 17.9 Å². The number of carbonyl (C=O) groups excluding carboxylic acids is 2. The molecule has 24 heavy (non-hydrogen) atoms. The van der Waals surface area contributed by atoms with Crippen molar-refractivity contribution in [3.8, 4) is 0 Å². The van der Waals surface area contributed by atoms with Gasteiger partial charge in [-0.3, -0.25) is 9.59 Å². The molecule has 1 aromatic carbocycles. The van der Waals surface area contributed by atoms with Crippen LogP contribution in [0.5, 0.6) is 0 Å². The summed E-state index contributed by atoms with van der Waals surface area (Å²) in [5.74, 6) is -0.262. The van der Waals surface area contributed by atoms with Crippen LogP contribution in [0.15, 0.2) is 41.8 Å². The van der Waals surface area contributed by atoms with Crippen LogP contribution < -0.4 is 10.6 Å². The van der Waals surface area contributed by atoms with Gasteiger partial charge >= 0.3 is 0 Å². The Morgan fingerprint density at radius 1 is 1.12 bits per heavy atom. The standard InChI is InChI=1S/C19H24N2O2S/c1-3-4-5-8-14(2)20-18(22)15-9-6-10-16(13-15)21-19(23)17-11-7-12-24-17/h6-7,9-14H,3-5,8H2,1-2H3,(H,20,22)(H,21,23). The van der Waals surface area contributed by atoms with Crippen molar-refractivity contribution < 1.29 is 9.59 Å². The highest BCUT2D eigenvalue weighted by Crippen LogP contribution is 2.15. The first-order valence-corrected chi connectivity index (χ1v) is 9.24. The third-order valence-corrected chi connectivity index (χ3v) is 4.61. The van der Waals surface area contributed by atoms with Gasteiger partial charge < -0.3 is 10.6 Å². The van der Waals surface area contributed by atoms with Gasteiger partial charge in [-0.05, 0) is 43.0 Å². The van der Waals surface area contributed by atoms with E-state index in [0.717, 1.165) is 12.8 Å². The predicted molar refractivity (Wildman–Crippen MR) is 99.8 cm³/mol. The Bertz CT molecular complexity index is 668. The van der Waals surface area contributed by atoms with Gasteiger partial charge in [0.2, 0.25) is 0 Å². The lowest BCUT2D eigenvalue weighted by molar-refractivity contribution is 0.0936. The summed E-state index contributed by atoms with van der Waals surface area (Å²) >= 11 is 1.39. The van der Waals surface area contributed by atoms with Crippen molar-refractivity contribution in [3.05, 3.63) is 52.2 Å². The second kappa shape index (κ2) is 9.23. The van der Waals surface area contributed by atoms with Gasteiger partial charge in [-0.2, -0.15) is 0 Å². The maximum Gasteiger partial charge on any atom is 0.265 e. The second-order valence-corrected chi connectivity index (χ2v) is 6.83. The van der Waals surface area contributed by atoms with E-state index in [9.17, 15) is 9.59 Å². The number of benzene rings is 1. The lowest BCUT2D eigenvalue weighted by Crippen LogP contribution is -2.32. The number of hydrogen-bond donors (Lipinski definition) is 2. The minimum Gasteiger partial charge on any atom is -0.350 e. The highest BCUT2D eigenvalue weighted by molar-refractivity contribution is 7.12. The van der Waals surface area contributed by atoms with Crippen LogP contribution in [0.3, 0.4) is 0 Å². The van der Waals surface area contributed by atoms with Gasteiger partial charge in [0, 0.05) is 17.3 Å². The van der Waals surface area contributed by atoms with E-state index >= 15 is 0 Å². The smallest absolute Gasteiger partial charge is 0.265 e. The molecule has 2 aromatic rings. The molecule has 128 valence electrons. The maximum atomic E-state index is 12.3. The summed E-state index contributed by atoms with van der Waals surface area (Å²) in [5, 5.41) is 7.70. The molecule has 2 N–H and O–H groups in total. The van der Waals surface area contributed by atoms with Gasteiger partial charge in [0.25, 0.3) is 11.8 Å². The predicted octanol–water partition coefficient (Wildman–Crippen LogP) is 4.70. The third kappa shape index (κ3) is 5.49. The molecule has 0 aliphatic heterocycles. The molecule has 1 aromatic heterocycles. The molecule has 1 unspecified atom stereocenters. The maximum absolute atomic E-state index is 12.3. The van der Waals surface area contributed by atoms with Crippen LogP contribution in [0.2, 0.25) is 0 Å². The molecule has 0 aliphatic carbocycles. The molecular formula is C19H24N2O2S. The Hall–Kier alpha value is -2.14. The molecule has 0 saturated carbocycles. The first kappa shape index (κ1) is 18.2.